The number of rotatable bonds is 5. The number of nitrogens with zero attached hydrogens (tertiary/aromatic N) is 1. The molecular formula is C29H33FN2O4. The average Bonchev–Trinajstić information content (AvgIpc) is 3.15. The van der Waals surface area contributed by atoms with E-state index in [1.54, 1.807) is 19.2 Å². The second-order valence-corrected chi connectivity index (χ2v) is 10.3. The first-order chi connectivity index (χ1) is 17.4. The van der Waals surface area contributed by atoms with Crippen molar-refractivity contribution in [1.29, 1.82) is 0 Å². The number of allylic oxidation sites excluding steroid dienone is 1. The minimum atomic E-state index is -0.368. The summed E-state index contributed by atoms with van der Waals surface area (Å²) in [4.78, 5) is 29.2. The predicted molar refractivity (Wildman–Crippen MR) is 134 cm³/mol. The van der Waals surface area contributed by atoms with E-state index in [4.69, 9.17) is 9.47 Å². The van der Waals surface area contributed by atoms with Crippen molar-refractivity contribution in [3.8, 4) is 11.1 Å². The van der Waals surface area contributed by atoms with E-state index in [0.29, 0.717) is 18.4 Å². The van der Waals surface area contributed by atoms with E-state index >= 15 is 0 Å². The lowest BCUT2D eigenvalue weighted by Gasteiger charge is -2.47. The van der Waals surface area contributed by atoms with E-state index in [-0.39, 0.29) is 47.8 Å². The molecule has 190 valence electrons. The van der Waals surface area contributed by atoms with Gasteiger partial charge in [0, 0.05) is 23.7 Å². The zero-order valence-electron chi connectivity index (χ0n) is 20.7. The van der Waals surface area contributed by atoms with Crippen molar-refractivity contribution in [1.82, 2.24) is 10.3 Å². The van der Waals surface area contributed by atoms with Crippen LogP contribution in [0.25, 0.3) is 17.2 Å². The number of fused-ring (bicyclic) bond motifs is 2. The Labute approximate surface area is 211 Å². The maximum Gasteiger partial charge on any atom is 0.407 e. The van der Waals surface area contributed by atoms with Crippen LogP contribution in [0.1, 0.15) is 45.2 Å². The molecule has 0 radical (unpaired) electrons. The van der Waals surface area contributed by atoms with Gasteiger partial charge in [0.25, 0.3) is 0 Å². The van der Waals surface area contributed by atoms with Crippen molar-refractivity contribution < 1.29 is 23.5 Å². The molecule has 7 heteroatoms. The number of halogens is 1. The molecule has 2 heterocycles. The number of esters is 1. The van der Waals surface area contributed by atoms with Crippen LogP contribution in [-0.4, -0.2) is 35.8 Å². The Morgan fingerprint density at radius 2 is 2.08 bits per heavy atom. The zero-order valence-corrected chi connectivity index (χ0v) is 20.7. The van der Waals surface area contributed by atoms with Crippen LogP contribution in [0.5, 0.6) is 0 Å². The van der Waals surface area contributed by atoms with Crippen LogP contribution in [0, 0.1) is 35.4 Å². The molecule has 1 aliphatic heterocycles. The Hall–Kier alpha value is -3.22. The van der Waals surface area contributed by atoms with Crippen LogP contribution in [0.4, 0.5) is 9.18 Å². The van der Waals surface area contributed by atoms with Gasteiger partial charge in [0.15, 0.2) is 0 Å². The largest absolute Gasteiger partial charge is 0.462 e. The molecule has 36 heavy (non-hydrogen) atoms. The second kappa shape index (κ2) is 10.4. The van der Waals surface area contributed by atoms with Crippen molar-refractivity contribution in [2.45, 2.75) is 51.7 Å². The number of alkyl carbamates (subject to hydrolysis) is 1. The molecule has 0 bridgehead atoms. The normalized spacial score (nSPS) is 31.4. The number of hydrogen-bond donors (Lipinski definition) is 1. The molecule has 1 aromatic heterocycles. The minimum absolute atomic E-state index is 0.0679. The van der Waals surface area contributed by atoms with Crippen molar-refractivity contribution in [3.63, 3.8) is 0 Å². The molecule has 3 fully saturated rings. The Kier molecular flexibility index (Phi) is 7.08. The summed E-state index contributed by atoms with van der Waals surface area (Å²) in [6, 6.07) is 10.4. The number of carbonyl (C=O) groups is 2. The molecule has 2 saturated carbocycles. The molecule has 1 N–H and O–H groups in total. The predicted octanol–water partition coefficient (Wildman–Crippen LogP) is 5.63. The molecule has 6 nitrogen and oxygen atoms in total. The van der Waals surface area contributed by atoms with Crippen LogP contribution in [-0.2, 0) is 14.3 Å². The molecular weight excluding hydrogens is 459 g/mol. The van der Waals surface area contributed by atoms with E-state index < -0.39 is 0 Å². The lowest BCUT2D eigenvalue weighted by molar-refractivity contribution is -0.144. The highest BCUT2D eigenvalue weighted by Crippen LogP contribution is 2.53. The summed E-state index contributed by atoms with van der Waals surface area (Å²) in [5.41, 5.74) is 2.48. The number of cyclic esters (lactones) is 1. The second-order valence-electron chi connectivity index (χ2n) is 10.3. The van der Waals surface area contributed by atoms with Crippen molar-refractivity contribution in [3.05, 3.63) is 60.2 Å². The topological polar surface area (TPSA) is 77.5 Å². The van der Waals surface area contributed by atoms with Gasteiger partial charge in [-0.1, -0.05) is 24.3 Å². The summed E-state index contributed by atoms with van der Waals surface area (Å²) in [5, 5.41) is 3.00. The molecule has 1 amide bonds. The van der Waals surface area contributed by atoms with Gasteiger partial charge in [-0.05, 0) is 87.1 Å². The third kappa shape index (κ3) is 5.01. The van der Waals surface area contributed by atoms with Crippen molar-refractivity contribution >= 4 is 18.1 Å². The fourth-order valence-corrected chi connectivity index (χ4v) is 6.64. The summed E-state index contributed by atoms with van der Waals surface area (Å²) in [7, 11) is 0. The van der Waals surface area contributed by atoms with Crippen LogP contribution in [0.15, 0.2) is 48.7 Å². The van der Waals surface area contributed by atoms with Gasteiger partial charge < -0.3 is 14.8 Å². The van der Waals surface area contributed by atoms with E-state index in [0.717, 1.165) is 42.5 Å². The standard InChI is InChI=1S/C29H33FN2O4/c1-3-35-29(34)32-23-10-11-24-20(14-23)15-26-27(17(2)36-28(26)33)25(24)12-9-22-8-7-19(16-31-22)18-5-4-6-21(30)13-18/h4-9,12-13,16-17,20,23-27H,3,10-11,14-15H2,1-2H3,(H,32,34)/b12-9+/t17-,20+,23+,24-,25-,26-,27-/m1/s1. The lowest BCUT2D eigenvalue weighted by atomic mass is 9.57. The average molecular weight is 493 g/mol. The maximum absolute atomic E-state index is 13.6. The van der Waals surface area contributed by atoms with Crippen LogP contribution < -0.4 is 5.32 Å². The quantitative estimate of drug-likeness (QED) is 0.548. The van der Waals surface area contributed by atoms with Gasteiger partial charge in [-0.3, -0.25) is 9.78 Å². The van der Waals surface area contributed by atoms with Gasteiger partial charge >= 0.3 is 12.1 Å². The van der Waals surface area contributed by atoms with E-state index in [1.807, 2.05) is 31.2 Å². The van der Waals surface area contributed by atoms with E-state index in [2.05, 4.69) is 16.4 Å². The zero-order chi connectivity index (χ0) is 25.2. The Bertz CT molecular complexity index is 1130. The fourth-order valence-electron chi connectivity index (χ4n) is 6.64. The number of nitrogens with one attached hydrogen (secondary N) is 1. The molecule has 0 unspecified atom stereocenters. The van der Waals surface area contributed by atoms with Crippen molar-refractivity contribution in [2.75, 3.05) is 6.61 Å². The van der Waals surface area contributed by atoms with Gasteiger partial charge in [-0.15, -0.1) is 0 Å². The summed E-state index contributed by atoms with van der Waals surface area (Å²) >= 11 is 0. The van der Waals surface area contributed by atoms with Gasteiger partial charge in [0.1, 0.15) is 11.9 Å². The third-order valence-corrected chi connectivity index (χ3v) is 8.18. The molecule has 0 spiro atoms. The van der Waals surface area contributed by atoms with Crippen LogP contribution in [0.3, 0.4) is 0 Å². The van der Waals surface area contributed by atoms with Gasteiger partial charge in [0.05, 0.1) is 18.2 Å². The lowest BCUT2D eigenvalue weighted by Crippen LogP contribution is -2.48. The summed E-state index contributed by atoms with van der Waals surface area (Å²) in [6.45, 7) is 4.15. The molecule has 5 rings (SSSR count). The van der Waals surface area contributed by atoms with Gasteiger partial charge in [-0.25, -0.2) is 9.18 Å². The maximum atomic E-state index is 13.6. The van der Waals surface area contributed by atoms with Gasteiger partial charge in [-0.2, -0.15) is 0 Å². The third-order valence-electron chi connectivity index (χ3n) is 8.18. The van der Waals surface area contributed by atoms with Crippen LogP contribution in [0.2, 0.25) is 0 Å². The number of aromatic nitrogens is 1. The molecule has 1 saturated heterocycles. The molecule has 7 atom stereocenters. The highest BCUT2D eigenvalue weighted by molar-refractivity contribution is 5.75. The molecule has 3 aliphatic rings. The summed E-state index contributed by atoms with van der Waals surface area (Å²) < 4.78 is 24.3. The molecule has 2 aromatic rings. The monoisotopic (exact) mass is 492 g/mol. The summed E-state index contributed by atoms with van der Waals surface area (Å²) in [5.74, 6) is 0.629. The first kappa shape index (κ1) is 24.5. The molecule has 2 aliphatic carbocycles. The van der Waals surface area contributed by atoms with Crippen LogP contribution >= 0.6 is 0 Å². The molecule has 1 aromatic carbocycles. The number of ether oxygens (including phenoxy) is 2. The minimum Gasteiger partial charge on any atom is -0.462 e. The first-order valence-electron chi connectivity index (χ1n) is 13.0. The summed E-state index contributed by atoms with van der Waals surface area (Å²) in [6.07, 6.45) is 9.07. The highest BCUT2D eigenvalue weighted by atomic mass is 19.1. The Morgan fingerprint density at radius 1 is 1.22 bits per heavy atom. The fraction of sp³-hybridized carbons (Fsp3) is 0.483. The Balaban J connectivity index is 1.34. The van der Waals surface area contributed by atoms with Gasteiger partial charge in [0.2, 0.25) is 0 Å². The van der Waals surface area contributed by atoms with E-state index in [9.17, 15) is 14.0 Å². The SMILES string of the molecule is CCOC(=O)N[C@H]1CC[C@@H]2[C@@H](C1)C[C@H]1C(=O)O[C@H](C)[C@@H]1[C@@H]2/C=C/c1ccc(-c2cccc(F)c2)cn1. The number of pyridine rings is 1. The van der Waals surface area contributed by atoms with Crippen molar-refractivity contribution in [2.24, 2.45) is 29.6 Å². The highest BCUT2D eigenvalue weighted by Gasteiger charge is 2.54. The number of benzene rings is 1. The first-order valence-corrected chi connectivity index (χ1v) is 13.0. The number of carbonyl (C=O) groups excluding carboxylic acids is 2. The number of amides is 1. The van der Waals surface area contributed by atoms with E-state index in [1.165, 1.54) is 12.1 Å². The number of hydrogen-bond acceptors (Lipinski definition) is 5. The smallest absolute Gasteiger partial charge is 0.407 e. The Morgan fingerprint density at radius 3 is 2.83 bits per heavy atom.